The second kappa shape index (κ2) is 12.2. The number of benzene rings is 1. The van der Waals surface area contributed by atoms with Gasteiger partial charge in [0.1, 0.15) is 6.10 Å². The van der Waals surface area contributed by atoms with Gasteiger partial charge in [0.2, 0.25) is 0 Å². The molecule has 152 valence electrons. The van der Waals surface area contributed by atoms with Crippen molar-refractivity contribution < 1.29 is 19.4 Å². The van der Waals surface area contributed by atoms with Gasteiger partial charge in [-0.05, 0) is 50.5 Å². The topological polar surface area (TPSA) is 92.2 Å². The molecule has 8 heteroatoms. The fraction of sp³-hybridized carbons (Fsp3) is 0.450. The fourth-order valence-corrected chi connectivity index (χ4v) is 2.87. The summed E-state index contributed by atoms with van der Waals surface area (Å²) >= 11 is 5.23. The Kier molecular flexibility index (Phi) is 9.61. The number of carboxylic acid groups (broad SMARTS) is 1. The van der Waals surface area contributed by atoms with Crippen LogP contribution in [0.25, 0.3) is 0 Å². The van der Waals surface area contributed by atoms with Crippen molar-refractivity contribution in [2.24, 2.45) is 11.0 Å². The van der Waals surface area contributed by atoms with Gasteiger partial charge < -0.3 is 19.9 Å². The standard InChI is InChI=1S/C20H27N3O4S/c1-15-26-14-16(9-5-2-3-8-12-19(24)25)18(27-15)13-21-23-20(28)22-17-10-6-4-7-11-17/h2,4-7,10-11,13,15-16,18H,3,8-9,12,14H2,1H3,(H,24,25)(H2,22,23,28)/b5-2-,21-13?/t15-,16+,18+/m1/s1. The van der Waals surface area contributed by atoms with E-state index in [1.807, 2.05) is 49.4 Å². The molecule has 0 aromatic heterocycles. The first-order chi connectivity index (χ1) is 13.5. The van der Waals surface area contributed by atoms with Gasteiger partial charge in [0.15, 0.2) is 11.4 Å². The number of hydrogen-bond donors (Lipinski definition) is 3. The molecule has 1 heterocycles. The number of anilines is 1. The summed E-state index contributed by atoms with van der Waals surface area (Å²) in [6, 6.07) is 9.61. The van der Waals surface area contributed by atoms with Crippen LogP contribution >= 0.6 is 12.2 Å². The number of carboxylic acids is 1. The van der Waals surface area contributed by atoms with Crippen LogP contribution in [-0.2, 0) is 14.3 Å². The Hall–Kier alpha value is -2.29. The minimum Gasteiger partial charge on any atom is -0.481 e. The Bertz CT molecular complexity index is 681. The molecule has 2 rings (SSSR count). The van der Waals surface area contributed by atoms with E-state index in [1.54, 1.807) is 6.21 Å². The summed E-state index contributed by atoms with van der Waals surface area (Å²) in [6.45, 7) is 2.43. The van der Waals surface area contributed by atoms with Crippen LogP contribution in [0.1, 0.15) is 32.6 Å². The van der Waals surface area contributed by atoms with Crippen LogP contribution in [0.4, 0.5) is 5.69 Å². The van der Waals surface area contributed by atoms with Crippen molar-refractivity contribution >= 4 is 35.2 Å². The predicted octanol–water partition coefficient (Wildman–Crippen LogP) is 3.54. The van der Waals surface area contributed by atoms with Gasteiger partial charge in [-0.3, -0.25) is 10.2 Å². The largest absolute Gasteiger partial charge is 0.481 e. The van der Waals surface area contributed by atoms with Crippen LogP contribution in [0.15, 0.2) is 47.6 Å². The van der Waals surface area contributed by atoms with E-state index in [1.165, 1.54) is 0 Å². The van der Waals surface area contributed by atoms with Crippen LogP contribution in [0.3, 0.4) is 0 Å². The molecule has 28 heavy (non-hydrogen) atoms. The van der Waals surface area contributed by atoms with E-state index < -0.39 is 5.97 Å². The molecule has 1 aromatic rings. The minimum absolute atomic E-state index is 0.133. The molecule has 1 saturated heterocycles. The lowest BCUT2D eigenvalue weighted by Crippen LogP contribution is -2.40. The molecule has 0 aliphatic carbocycles. The third-order valence-electron chi connectivity index (χ3n) is 4.14. The number of thiocarbonyl (C=S) groups is 1. The number of aliphatic carboxylic acids is 1. The molecule has 0 radical (unpaired) electrons. The van der Waals surface area contributed by atoms with Crippen LogP contribution in [0.2, 0.25) is 0 Å². The third-order valence-corrected chi connectivity index (χ3v) is 4.34. The predicted molar refractivity (Wildman–Crippen MR) is 113 cm³/mol. The van der Waals surface area contributed by atoms with Crippen molar-refractivity contribution in [2.75, 3.05) is 11.9 Å². The number of unbranched alkanes of at least 4 members (excludes halogenated alkanes) is 1. The molecule has 1 aromatic carbocycles. The minimum atomic E-state index is -0.764. The maximum atomic E-state index is 10.5. The smallest absolute Gasteiger partial charge is 0.303 e. The fourth-order valence-electron chi connectivity index (χ4n) is 2.69. The molecule has 0 amide bonds. The van der Waals surface area contributed by atoms with Crippen molar-refractivity contribution in [3.05, 3.63) is 42.5 Å². The zero-order chi connectivity index (χ0) is 20.2. The highest BCUT2D eigenvalue weighted by Crippen LogP contribution is 2.21. The number of allylic oxidation sites excluding steroid dienone is 2. The Labute approximate surface area is 170 Å². The number of nitrogens with zero attached hydrogens (tertiary/aromatic N) is 1. The number of hydrogen-bond acceptors (Lipinski definition) is 5. The summed E-state index contributed by atoms with van der Waals surface area (Å²) in [5.74, 6) is -0.631. The van der Waals surface area contributed by atoms with Crippen molar-refractivity contribution in [3.8, 4) is 0 Å². The molecule has 7 nitrogen and oxygen atoms in total. The van der Waals surface area contributed by atoms with Crippen LogP contribution < -0.4 is 10.7 Å². The van der Waals surface area contributed by atoms with Crippen molar-refractivity contribution in [2.45, 2.75) is 45.0 Å². The second-order valence-electron chi connectivity index (χ2n) is 6.46. The highest BCUT2D eigenvalue weighted by atomic mass is 32.1. The van der Waals surface area contributed by atoms with Crippen LogP contribution in [0.5, 0.6) is 0 Å². The normalized spacial score (nSPS) is 22.4. The Morgan fingerprint density at radius 3 is 2.89 bits per heavy atom. The summed E-state index contributed by atoms with van der Waals surface area (Å²) < 4.78 is 11.4. The van der Waals surface area contributed by atoms with Gasteiger partial charge in [-0.25, -0.2) is 0 Å². The average molecular weight is 406 g/mol. The zero-order valence-corrected chi connectivity index (χ0v) is 16.7. The second-order valence-corrected chi connectivity index (χ2v) is 6.87. The number of ether oxygens (including phenoxy) is 2. The van der Waals surface area contributed by atoms with Gasteiger partial charge in [0.05, 0.1) is 12.8 Å². The molecule has 0 spiro atoms. The van der Waals surface area contributed by atoms with E-state index >= 15 is 0 Å². The summed E-state index contributed by atoms with van der Waals surface area (Å²) in [6.07, 6.45) is 7.62. The van der Waals surface area contributed by atoms with Crippen LogP contribution in [0, 0.1) is 5.92 Å². The Morgan fingerprint density at radius 2 is 2.14 bits per heavy atom. The molecule has 0 saturated carbocycles. The molecule has 0 unspecified atom stereocenters. The van der Waals surface area contributed by atoms with Gasteiger partial charge in [-0.1, -0.05) is 30.4 Å². The number of nitrogens with one attached hydrogen (secondary N) is 2. The first-order valence-electron chi connectivity index (χ1n) is 9.33. The van der Waals surface area contributed by atoms with Crippen molar-refractivity contribution in [3.63, 3.8) is 0 Å². The number of rotatable bonds is 9. The van der Waals surface area contributed by atoms with E-state index in [0.717, 1.165) is 18.5 Å². The van der Waals surface area contributed by atoms with Gasteiger partial charge in [0, 0.05) is 18.0 Å². The molecule has 1 fully saturated rings. The number of carbonyl (C=O) groups is 1. The van der Waals surface area contributed by atoms with Crippen molar-refractivity contribution in [1.29, 1.82) is 0 Å². The third kappa shape index (κ3) is 8.60. The maximum absolute atomic E-state index is 10.5. The SMILES string of the molecule is C[C@@H]1OC[C@H](C/C=C\CCCC(=O)O)[C@H](C=NNC(=S)Nc2ccccc2)O1. The highest BCUT2D eigenvalue weighted by Gasteiger charge is 2.28. The van der Waals surface area contributed by atoms with Gasteiger partial charge in [-0.2, -0.15) is 5.10 Å². The summed E-state index contributed by atoms with van der Waals surface area (Å²) in [5, 5.41) is 16.3. The summed E-state index contributed by atoms with van der Waals surface area (Å²) in [7, 11) is 0. The van der Waals surface area contributed by atoms with E-state index in [9.17, 15) is 4.79 Å². The summed E-state index contributed by atoms with van der Waals surface area (Å²) in [5.41, 5.74) is 3.69. The molecule has 3 atom stereocenters. The van der Waals surface area contributed by atoms with E-state index in [2.05, 4.69) is 15.8 Å². The monoisotopic (exact) mass is 405 g/mol. The number of hydrazone groups is 1. The Balaban J connectivity index is 1.78. The molecule has 0 bridgehead atoms. The maximum Gasteiger partial charge on any atom is 0.303 e. The number of para-hydroxylation sites is 1. The first-order valence-corrected chi connectivity index (χ1v) is 9.74. The Morgan fingerprint density at radius 1 is 1.36 bits per heavy atom. The average Bonchev–Trinajstić information content (AvgIpc) is 2.66. The van der Waals surface area contributed by atoms with E-state index in [0.29, 0.717) is 18.1 Å². The van der Waals surface area contributed by atoms with E-state index in [4.69, 9.17) is 26.8 Å². The quantitative estimate of drug-likeness (QED) is 0.190. The lowest BCUT2D eigenvalue weighted by Gasteiger charge is -2.32. The molecule has 1 aliphatic heterocycles. The molecule has 1 aliphatic rings. The summed E-state index contributed by atoms with van der Waals surface area (Å²) in [4.78, 5) is 10.5. The molecular weight excluding hydrogens is 378 g/mol. The lowest BCUT2D eigenvalue weighted by atomic mass is 9.98. The van der Waals surface area contributed by atoms with Gasteiger partial charge >= 0.3 is 5.97 Å². The van der Waals surface area contributed by atoms with E-state index in [-0.39, 0.29) is 24.7 Å². The highest BCUT2D eigenvalue weighted by molar-refractivity contribution is 7.80. The molecular formula is C20H27N3O4S. The zero-order valence-electron chi connectivity index (χ0n) is 15.9. The lowest BCUT2D eigenvalue weighted by molar-refractivity contribution is -0.206. The van der Waals surface area contributed by atoms with Crippen LogP contribution in [-0.4, -0.2) is 41.4 Å². The molecule has 3 N–H and O–H groups in total. The first kappa shape index (κ1) is 22.0. The van der Waals surface area contributed by atoms with Gasteiger partial charge in [-0.15, -0.1) is 0 Å². The van der Waals surface area contributed by atoms with Crippen molar-refractivity contribution in [1.82, 2.24) is 5.43 Å². The van der Waals surface area contributed by atoms with Gasteiger partial charge in [0.25, 0.3) is 0 Å².